The molecule has 0 heterocycles. The van der Waals surface area contributed by atoms with Crippen LogP contribution in [0.1, 0.15) is 17.3 Å². The van der Waals surface area contributed by atoms with Crippen LogP contribution in [0.5, 0.6) is 5.75 Å². The van der Waals surface area contributed by atoms with Crippen LogP contribution in [0.2, 0.25) is 0 Å². The molecule has 0 unspecified atom stereocenters. The summed E-state index contributed by atoms with van der Waals surface area (Å²) in [4.78, 5) is 15.4. The van der Waals surface area contributed by atoms with Gasteiger partial charge in [0.15, 0.2) is 20.2 Å². The second-order valence-corrected chi connectivity index (χ2v) is 7.30. The second-order valence-electron chi connectivity index (χ2n) is 5.30. The molecule has 3 nitrogen and oxygen atoms in total. The molecule has 3 aromatic rings. The molecule has 0 amide bonds. The summed E-state index contributed by atoms with van der Waals surface area (Å²) in [6.07, 6.45) is 0. The molecule has 3 rings (SSSR count). The highest BCUT2D eigenvalue weighted by Crippen LogP contribution is 2.36. The molecular formula is C21H19O3S+. The fraction of sp³-hybridized carbons (Fsp3) is 0.0952. The van der Waals surface area contributed by atoms with Gasteiger partial charge in [0.2, 0.25) is 0 Å². The van der Waals surface area contributed by atoms with E-state index in [1.807, 2.05) is 66.7 Å². The number of ether oxygens (including phenoxy) is 1. The summed E-state index contributed by atoms with van der Waals surface area (Å²) in [5.74, 6) is -0.555. The van der Waals surface area contributed by atoms with Gasteiger partial charge in [-0.1, -0.05) is 42.5 Å². The summed E-state index contributed by atoms with van der Waals surface area (Å²) in [6.45, 7) is 2.02. The van der Waals surface area contributed by atoms with Gasteiger partial charge in [0.25, 0.3) is 0 Å². The molecule has 1 N–H and O–H groups in total. The van der Waals surface area contributed by atoms with Crippen molar-refractivity contribution in [2.45, 2.75) is 21.6 Å². The quantitative estimate of drug-likeness (QED) is 0.537. The standard InChI is InChI=1S/C21H18O3S/c1-2-24-21(23)20-18(22)14-9-15-19(20)25(16-10-5-3-6-11-16)17-12-7-4-8-13-17/h3-15H,2H2,1H3/p+1. The molecule has 0 fully saturated rings. The molecule has 0 saturated heterocycles. The molecule has 0 aliphatic rings. The highest BCUT2D eigenvalue weighted by molar-refractivity contribution is 7.97. The zero-order valence-corrected chi connectivity index (χ0v) is 14.7. The Balaban J connectivity index is 2.21. The Morgan fingerprint density at radius 3 is 1.96 bits per heavy atom. The third-order valence-corrected chi connectivity index (χ3v) is 5.93. The van der Waals surface area contributed by atoms with Crippen molar-refractivity contribution in [2.24, 2.45) is 0 Å². The summed E-state index contributed by atoms with van der Waals surface area (Å²) in [6, 6.07) is 25.2. The van der Waals surface area contributed by atoms with E-state index in [2.05, 4.69) is 0 Å². The van der Waals surface area contributed by atoms with Gasteiger partial charge >= 0.3 is 5.97 Å². The Labute approximate surface area is 150 Å². The first-order chi connectivity index (χ1) is 12.2. The minimum Gasteiger partial charge on any atom is -0.507 e. The molecule has 0 saturated carbocycles. The van der Waals surface area contributed by atoms with Crippen molar-refractivity contribution >= 4 is 16.9 Å². The van der Waals surface area contributed by atoms with Gasteiger partial charge in [-0.3, -0.25) is 0 Å². The molecule has 0 aromatic heterocycles. The third-order valence-electron chi connectivity index (χ3n) is 3.66. The number of aromatic hydroxyl groups is 1. The molecule has 25 heavy (non-hydrogen) atoms. The van der Waals surface area contributed by atoms with Crippen molar-refractivity contribution in [3.8, 4) is 5.75 Å². The van der Waals surface area contributed by atoms with E-state index in [9.17, 15) is 9.90 Å². The largest absolute Gasteiger partial charge is 0.507 e. The zero-order chi connectivity index (χ0) is 17.6. The molecule has 0 atom stereocenters. The Kier molecular flexibility index (Phi) is 5.41. The smallest absolute Gasteiger partial charge is 0.347 e. The van der Waals surface area contributed by atoms with Crippen molar-refractivity contribution in [2.75, 3.05) is 6.61 Å². The summed E-state index contributed by atoms with van der Waals surface area (Å²) < 4.78 is 5.18. The van der Waals surface area contributed by atoms with Crippen LogP contribution >= 0.6 is 0 Å². The van der Waals surface area contributed by atoms with Crippen LogP contribution in [-0.2, 0) is 15.6 Å². The van der Waals surface area contributed by atoms with Gasteiger partial charge in [-0.15, -0.1) is 0 Å². The van der Waals surface area contributed by atoms with Gasteiger partial charge in [0.1, 0.15) is 16.6 Å². The number of hydrogen-bond donors (Lipinski definition) is 1. The molecule has 4 heteroatoms. The van der Waals surface area contributed by atoms with E-state index in [1.165, 1.54) is 6.07 Å². The molecule has 0 bridgehead atoms. The van der Waals surface area contributed by atoms with E-state index < -0.39 is 16.9 Å². The Morgan fingerprint density at radius 2 is 1.44 bits per heavy atom. The molecule has 0 spiro atoms. The predicted octanol–water partition coefficient (Wildman–Crippen LogP) is 4.66. The number of phenols is 1. The van der Waals surface area contributed by atoms with E-state index in [4.69, 9.17) is 4.74 Å². The highest BCUT2D eigenvalue weighted by Gasteiger charge is 2.35. The monoisotopic (exact) mass is 351 g/mol. The topological polar surface area (TPSA) is 46.5 Å². The maximum atomic E-state index is 12.5. The van der Waals surface area contributed by atoms with Gasteiger partial charge < -0.3 is 9.84 Å². The van der Waals surface area contributed by atoms with Crippen molar-refractivity contribution in [1.82, 2.24) is 0 Å². The minimum absolute atomic E-state index is 0.0553. The maximum Gasteiger partial charge on any atom is 0.347 e. The van der Waals surface area contributed by atoms with Crippen LogP contribution < -0.4 is 0 Å². The van der Waals surface area contributed by atoms with E-state index >= 15 is 0 Å². The summed E-state index contributed by atoms with van der Waals surface area (Å²) >= 11 is 0. The predicted molar refractivity (Wildman–Crippen MR) is 99.1 cm³/mol. The first-order valence-corrected chi connectivity index (χ1v) is 9.28. The number of benzene rings is 3. The minimum atomic E-state index is -0.521. The van der Waals surface area contributed by atoms with Gasteiger partial charge in [-0.05, 0) is 43.3 Å². The fourth-order valence-electron chi connectivity index (χ4n) is 2.60. The van der Waals surface area contributed by atoms with Crippen LogP contribution in [0.15, 0.2) is 93.5 Å². The lowest BCUT2D eigenvalue weighted by atomic mass is 10.2. The van der Waals surface area contributed by atoms with Crippen molar-refractivity contribution in [1.29, 1.82) is 0 Å². The average Bonchev–Trinajstić information content (AvgIpc) is 2.64. The van der Waals surface area contributed by atoms with Crippen LogP contribution in [-0.4, -0.2) is 17.7 Å². The summed E-state index contributed by atoms with van der Waals surface area (Å²) in [7, 11) is -0.521. The van der Waals surface area contributed by atoms with Crippen LogP contribution in [0.25, 0.3) is 0 Å². The van der Waals surface area contributed by atoms with Crippen LogP contribution in [0.4, 0.5) is 0 Å². The molecule has 126 valence electrons. The molecule has 0 aliphatic carbocycles. The Morgan fingerprint density at radius 1 is 0.880 bits per heavy atom. The lowest BCUT2D eigenvalue weighted by Crippen LogP contribution is -2.13. The lowest BCUT2D eigenvalue weighted by molar-refractivity contribution is 0.0518. The number of phenolic OH excluding ortho intramolecular Hbond substituents is 1. The SMILES string of the molecule is CCOC(=O)c1c(O)cccc1[S+](c1ccccc1)c1ccccc1. The first kappa shape index (κ1) is 17.1. The molecule has 3 aromatic carbocycles. The summed E-state index contributed by atoms with van der Waals surface area (Å²) in [5, 5.41) is 10.3. The third kappa shape index (κ3) is 3.69. The van der Waals surface area contributed by atoms with Crippen LogP contribution in [0, 0.1) is 0 Å². The van der Waals surface area contributed by atoms with Crippen molar-refractivity contribution in [3.05, 3.63) is 84.4 Å². The number of carbonyl (C=O) groups excluding carboxylic acids is 1. The van der Waals surface area contributed by atoms with Crippen LogP contribution in [0.3, 0.4) is 0 Å². The lowest BCUT2D eigenvalue weighted by Gasteiger charge is -2.12. The second kappa shape index (κ2) is 7.90. The normalized spacial score (nSPS) is 10.6. The van der Waals surface area contributed by atoms with E-state index in [0.29, 0.717) is 0 Å². The van der Waals surface area contributed by atoms with E-state index in [1.54, 1.807) is 13.0 Å². The van der Waals surface area contributed by atoms with Gasteiger partial charge in [-0.2, -0.15) is 0 Å². The van der Waals surface area contributed by atoms with E-state index in [-0.39, 0.29) is 17.9 Å². The molecular weight excluding hydrogens is 332 g/mol. The first-order valence-electron chi connectivity index (χ1n) is 8.06. The maximum absolute atomic E-state index is 12.5. The number of esters is 1. The fourth-order valence-corrected chi connectivity index (χ4v) is 4.85. The number of hydrogen-bond acceptors (Lipinski definition) is 3. The van der Waals surface area contributed by atoms with Crippen molar-refractivity contribution < 1.29 is 14.6 Å². The number of carbonyl (C=O) groups is 1. The zero-order valence-electron chi connectivity index (χ0n) is 13.9. The highest BCUT2D eigenvalue weighted by atomic mass is 32.2. The molecule has 0 radical (unpaired) electrons. The average molecular weight is 351 g/mol. The number of rotatable bonds is 5. The Bertz CT molecular complexity index is 808. The Hall–Kier alpha value is -2.72. The van der Waals surface area contributed by atoms with Gasteiger partial charge in [0, 0.05) is 0 Å². The molecule has 0 aliphatic heterocycles. The summed E-state index contributed by atoms with van der Waals surface area (Å²) in [5.41, 5.74) is 0.236. The van der Waals surface area contributed by atoms with Crippen molar-refractivity contribution in [3.63, 3.8) is 0 Å². The van der Waals surface area contributed by atoms with Gasteiger partial charge in [0.05, 0.1) is 6.61 Å². The van der Waals surface area contributed by atoms with Gasteiger partial charge in [-0.25, -0.2) is 4.79 Å². The van der Waals surface area contributed by atoms with E-state index in [0.717, 1.165) is 14.7 Å².